The number of amides is 1. The summed E-state index contributed by atoms with van der Waals surface area (Å²) >= 11 is 5.03. The predicted molar refractivity (Wildman–Crippen MR) is 75.4 cm³/mol. The van der Waals surface area contributed by atoms with E-state index in [-0.39, 0.29) is 5.91 Å². The molecule has 3 N–H and O–H groups in total. The summed E-state index contributed by atoms with van der Waals surface area (Å²) in [6, 6.07) is 3.73. The van der Waals surface area contributed by atoms with Gasteiger partial charge >= 0.3 is 0 Å². The monoisotopic (exact) mass is 263 g/mol. The molecule has 0 spiro atoms. The number of nitrogens with two attached hydrogens (primary N) is 1. The Morgan fingerprint density at radius 3 is 2.56 bits per heavy atom. The van der Waals surface area contributed by atoms with E-state index in [9.17, 15) is 4.79 Å². The summed E-state index contributed by atoms with van der Waals surface area (Å²) in [7, 11) is 0. The third-order valence-electron chi connectivity index (χ3n) is 3.59. The maximum Gasteiger partial charge on any atom is 0.237 e. The molecule has 1 saturated carbocycles. The fourth-order valence-corrected chi connectivity index (χ4v) is 2.47. The lowest BCUT2D eigenvalue weighted by Gasteiger charge is -2.39. The van der Waals surface area contributed by atoms with Gasteiger partial charge in [0.1, 0.15) is 0 Å². The molecule has 0 saturated heterocycles. The minimum atomic E-state index is -0.646. The highest BCUT2D eigenvalue weighted by atomic mass is 32.1. The standard InChI is InChI=1S/C13H17N3OS/c1-8-4-5-10(9(2)15-8)16-12(17)13(11(14)18)6-3-7-13/h4-5H,3,6-7H2,1-2H3,(H2,14,18)(H,16,17). The third-order valence-corrected chi connectivity index (χ3v) is 3.98. The molecule has 18 heavy (non-hydrogen) atoms. The molecule has 1 aromatic heterocycles. The highest BCUT2D eigenvalue weighted by Gasteiger charge is 2.47. The topological polar surface area (TPSA) is 68.0 Å². The van der Waals surface area contributed by atoms with Crippen molar-refractivity contribution in [2.45, 2.75) is 33.1 Å². The maximum atomic E-state index is 12.3. The lowest BCUT2D eigenvalue weighted by atomic mass is 9.68. The average Bonchev–Trinajstić information content (AvgIpc) is 2.19. The number of carbonyl (C=O) groups excluding carboxylic acids is 1. The van der Waals surface area contributed by atoms with E-state index in [1.165, 1.54) is 0 Å². The largest absolute Gasteiger partial charge is 0.392 e. The SMILES string of the molecule is Cc1ccc(NC(=O)C2(C(N)=S)CCC2)c(C)n1. The molecule has 1 aliphatic carbocycles. The zero-order valence-corrected chi connectivity index (χ0v) is 11.4. The fraction of sp³-hybridized carbons (Fsp3) is 0.462. The fourth-order valence-electron chi connectivity index (χ4n) is 2.18. The average molecular weight is 263 g/mol. The van der Waals surface area contributed by atoms with Crippen LogP contribution in [0.3, 0.4) is 0 Å². The van der Waals surface area contributed by atoms with Gasteiger partial charge in [0.05, 0.1) is 21.8 Å². The summed E-state index contributed by atoms with van der Waals surface area (Å²) in [5, 5.41) is 2.89. The Kier molecular flexibility index (Phi) is 3.34. The van der Waals surface area contributed by atoms with Gasteiger partial charge in [0.25, 0.3) is 0 Å². The predicted octanol–water partition coefficient (Wildman–Crippen LogP) is 2.09. The van der Waals surface area contributed by atoms with Crippen LogP contribution >= 0.6 is 12.2 Å². The van der Waals surface area contributed by atoms with Crippen molar-refractivity contribution in [3.05, 3.63) is 23.5 Å². The van der Waals surface area contributed by atoms with Gasteiger partial charge in [-0.05, 0) is 38.8 Å². The van der Waals surface area contributed by atoms with E-state index in [0.717, 1.165) is 36.3 Å². The summed E-state index contributed by atoms with van der Waals surface area (Å²) in [6.45, 7) is 3.79. The van der Waals surface area contributed by atoms with Crippen LogP contribution in [0, 0.1) is 19.3 Å². The summed E-state index contributed by atoms with van der Waals surface area (Å²) < 4.78 is 0. The van der Waals surface area contributed by atoms with Crippen molar-refractivity contribution >= 4 is 28.8 Å². The number of aromatic nitrogens is 1. The molecule has 0 aliphatic heterocycles. The molecule has 4 nitrogen and oxygen atoms in total. The van der Waals surface area contributed by atoms with Crippen molar-refractivity contribution in [2.24, 2.45) is 11.1 Å². The molecule has 1 heterocycles. The zero-order chi connectivity index (χ0) is 13.3. The highest BCUT2D eigenvalue weighted by molar-refractivity contribution is 7.80. The van der Waals surface area contributed by atoms with Gasteiger partial charge in [-0.25, -0.2) is 0 Å². The lowest BCUT2D eigenvalue weighted by Crippen LogP contribution is -2.50. The number of nitrogens with one attached hydrogen (secondary N) is 1. The number of nitrogens with zero attached hydrogens (tertiary/aromatic N) is 1. The first-order chi connectivity index (χ1) is 8.45. The van der Waals surface area contributed by atoms with Crippen molar-refractivity contribution in [2.75, 3.05) is 5.32 Å². The number of hydrogen-bond acceptors (Lipinski definition) is 3. The summed E-state index contributed by atoms with van der Waals surface area (Å²) in [5.74, 6) is -0.102. The van der Waals surface area contributed by atoms with Gasteiger partial charge in [-0.1, -0.05) is 18.6 Å². The maximum absolute atomic E-state index is 12.3. The molecular formula is C13H17N3OS. The van der Waals surface area contributed by atoms with Gasteiger partial charge in [0.2, 0.25) is 5.91 Å². The number of carbonyl (C=O) groups is 1. The minimum absolute atomic E-state index is 0.102. The molecule has 0 bridgehead atoms. The second-order valence-corrected chi connectivity index (χ2v) is 5.28. The Hall–Kier alpha value is -1.49. The molecule has 0 atom stereocenters. The number of anilines is 1. The second kappa shape index (κ2) is 4.65. The Labute approximate surface area is 112 Å². The number of thiocarbonyl (C=S) groups is 1. The molecular weight excluding hydrogens is 246 g/mol. The van der Waals surface area contributed by atoms with E-state index in [1.807, 2.05) is 26.0 Å². The summed E-state index contributed by atoms with van der Waals surface area (Å²) in [4.78, 5) is 16.9. The van der Waals surface area contributed by atoms with Crippen LogP contribution in [-0.2, 0) is 4.79 Å². The van der Waals surface area contributed by atoms with E-state index in [1.54, 1.807) is 0 Å². The molecule has 1 amide bonds. The van der Waals surface area contributed by atoms with Crippen molar-refractivity contribution in [1.82, 2.24) is 4.98 Å². The van der Waals surface area contributed by atoms with Gasteiger partial charge in [0, 0.05) is 5.69 Å². The van der Waals surface area contributed by atoms with Crippen LogP contribution in [0.15, 0.2) is 12.1 Å². The molecule has 1 fully saturated rings. The minimum Gasteiger partial charge on any atom is -0.392 e. The van der Waals surface area contributed by atoms with Crippen LogP contribution in [0.4, 0.5) is 5.69 Å². The van der Waals surface area contributed by atoms with Gasteiger partial charge in [-0.15, -0.1) is 0 Å². The van der Waals surface area contributed by atoms with Gasteiger partial charge < -0.3 is 11.1 Å². The molecule has 1 aliphatic rings. The Balaban J connectivity index is 2.19. The quantitative estimate of drug-likeness (QED) is 0.819. The summed E-state index contributed by atoms with van der Waals surface area (Å²) in [6.07, 6.45) is 2.48. The molecule has 0 unspecified atom stereocenters. The van der Waals surface area contributed by atoms with Crippen LogP contribution in [0.1, 0.15) is 30.7 Å². The van der Waals surface area contributed by atoms with Crippen molar-refractivity contribution in [3.63, 3.8) is 0 Å². The van der Waals surface area contributed by atoms with Crippen molar-refractivity contribution in [1.29, 1.82) is 0 Å². The van der Waals surface area contributed by atoms with Crippen LogP contribution in [0.2, 0.25) is 0 Å². The lowest BCUT2D eigenvalue weighted by molar-refractivity contribution is -0.125. The van der Waals surface area contributed by atoms with Crippen LogP contribution < -0.4 is 11.1 Å². The van der Waals surface area contributed by atoms with Gasteiger partial charge in [-0.2, -0.15) is 0 Å². The zero-order valence-electron chi connectivity index (χ0n) is 10.6. The Morgan fingerprint density at radius 1 is 1.44 bits per heavy atom. The van der Waals surface area contributed by atoms with Crippen molar-refractivity contribution in [3.8, 4) is 0 Å². The first-order valence-corrected chi connectivity index (χ1v) is 6.42. The number of hydrogen-bond donors (Lipinski definition) is 2. The molecule has 0 aromatic carbocycles. The highest BCUT2D eigenvalue weighted by Crippen LogP contribution is 2.42. The van der Waals surface area contributed by atoms with Crippen LogP contribution in [0.5, 0.6) is 0 Å². The Bertz CT molecular complexity index is 509. The van der Waals surface area contributed by atoms with E-state index in [2.05, 4.69) is 10.3 Å². The molecule has 96 valence electrons. The Morgan fingerprint density at radius 2 is 2.11 bits per heavy atom. The number of pyridine rings is 1. The van der Waals surface area contributed by atoms with E-state index < -0.39 is 5.41 Å². The molecule has 1 aromatic rings. The molecule has 2 rings (SSSR count). The first kappa shape index (κ1) is 13.0. The third kappa shape index (κ3) is 2.10. The van der Waals surface area contributed by atoms with Crippen LogP contribution in [0.25, 0.3) is 0 Å². The number of aryl methyl sites for hydroxylation is 2. The molecule has 5 heteroatoms. The summed E-state index contributed by atoms with van der Waals surface area (Å²) in [5.41, 5.74) is 7.52. The molecule has 0 radical (unpaired) electrons. The van der Waals surface area contributed by atoms with Gasteiger partial charge in [-0.3, -0.25) is 9.78 Å². The van der Waals surface area contributed by atoms with E-state index in [4.69, 9.17) is 18.0 Å². The van der Waals surface area contributed by atoms with E-state index >= 15 is 0 Å². The van der Waals surface area contributed by atoms with Crippen molar-refractivity contribution < 1.29 is 4.79 Å². The smallest absolute Gasteiger partial charge is 0.237 e. The normalized spacial score (nSPS) is 16.8. The van der Waals surface area contributed by atoms with Crippen LogP contribution in [-0.4, -0.2) is 15.9 Å². The first-order valence-electron chi connectivity index (χ1n) is 6.01. The second-order valence-electron chi connectivity index (χ2n) is 4.84. The number of rotatable bonds is 3. The van der Waals surface area contributed by atoms with E-state index in [0.29, 0.717) is 4.99 Å². The van der Waals surface area contributed by atoms with Gasteiger partial charge in [0.15, 0.2) is 0 Å².